The van der Waals surface area contributed by atoms with E-state index in [0.717, 1.165) is 22.6 Å². The van der Waals surface area contributed by atoms with E-state index in [1.807, 2.05) is 12.1 Å². The second-order valence-electron chi connectivity index (χ2n) is 4.01. The largest absolute Gasteiger partial charge is 0.365 e. The Bertz CT molecular complexity index is 663. The molecule has 0 aliphatic rings. The van der Waals surface area contributed by atoms with Crippen LogP contribution in [0.25, 0.3) is 10.2 Å². The number of nitrogens with zero attached hydrogens (tertiary/aromatic N) is 3. The number of pyridine rings is 1. The van der Waals surface area contributed by atoms with E-state index in [-0.39, 0.29) is 0 Å². The summed E-state index contributed by atoms with van der Waals surface area (Å²) in [4.78, 5) is 14.9. The Balaban J connectivity index is 1.86. The SMILES string of the molecule is Cc1cc2c(NCc3ccncc3)ncnc2s1. The minimum Gasteiger partial charge on any atom is -0.365 e. The van der Waals surface area contributed by atoms with Gasteiger partial charge in [0.2, 0.25) is 0 Å². The first-order valence-electron chi connectivity index (χ1n) is 5.67. The summed E-state index contributed by atoms with van der Waals surface area (Å²) >= 11 is 1.69. The summed E-state index contributed by atoms with van der Waals surface area (Å²) in [6.07, 6.45) is 5.19. The van der Waals surface area contributed by atoms with Crippen molar-refractivity contribution >= 4 is 27.4 Å². The van der Waals surface area contributed by atoms with E-state index in [0.29, 0.717) is 0 Å². The molecule has 4 nitrogen and oxygen atoms in total. The first-order chi connectivity index (χ1) is 8.83. The van der Waals surface area contributed by atoms with Gasteiger partial charge in [0.05, 0.1) is 5.39 Å². The van der Waals surface area contributed by atoms with E-state index in [1.165, 1.54) is 10.4 Å². The topological polar surface area (TPSA) is 50.7 Å². The van der Waals surface area contributed by atoms with Crippen molar-refractivity contribution in [1.29, 1.82) is 0 Å². The van der Waals surface area contributed by atoms with Gasteiger partial charge in [-0.05, 0) is 30.7 Å². The predicted octanol–water partition coefficient (Wildman–Crippen LogP) is 3.01. The fraction of sp³-hybridized carbons (Fsp3) is 0.154. The molecule has 3 aromatic rings. The highest BCUT2D eigenvalue weighted by Crippen LogP contribution is 2.27. The zero-order valence-electron chi connectivity index (χ0n) is 9.92. The maximum atomic E-state index is 4.30. The number of aromatic nitrogens is 3. The lowest BCUT2D eigenvalue weighted by Crippen LogP contribution is -2.01. The molecule has 0 unspecified atom stereocenters. The van der Waals surface area contributed by atoms with Crippen LogP contribution >= 0.6 is 11.3 Å². The van der Waals surface area contributed by atoms with Crippen LogP contribution in [0.3, 0.4) is 0 Å². The summed E-state index contributed by atoms with van der Waals surface area (Å²) < 4.78 is 0. The summed E-state index contributed by atoms with van der Waals surface area (Å²) in [5, 5.41) is 4.44. The van der Waals surface area contributed by atoms with Crippen LogP contribution in [0, 0.1) is 6.92 Å². The van der Waals surface area contributed by atoms with Crippen molar-refractivity contribution in [2.45, 2.75) is 13.5 Å². The second kappa shape index (κ2) is 4.70. The van der Waals surface area contributed by atoms with Crippen molar-refractivity contribution in [2.24, 2.45) is 0 Å². The molecule has 18 heavy (non-hydrogen) atoms. The highest BCUT2D eigenvalue weighted by atomic mass is 32.1. The minimum atomic E-state index is 0.740. The molecule has 0 amide bonds. The lowest BCUT2D eigenvalue weighted by Gasteiger charge is -2.05. The minimum absolute atomic E-state index is 0.740. The number of aryl methyl sites for hydroxylation is 1. The van der Waals surface area contributed by atoms with Crippen LogP contribution < -0.4 is 5.32 Å². The number of hydrogen-bond donors (Lipinski definition) is 1. The van der Waals surface area contributed by atoms with Crippen LogP contribution in [0.2, 0.25) is 0 Å². The smallest absolute Gasteiger partial charge is 0.138 e. The standard InChI is InChI=1S/C13H12N4S/c1-9-6-11-12(16-8-17-13(11)18-9)15-7-10-2-4-14-5-3-10/h2-6,8H,7H2,1H3,(H,15,16,17). The molecule has 0 fully saturated rings. The first kappa shape index (κ1) is 11.1. The third-order valence-electron chi connectivity index (χ3n) is 2.66. The molecule has 5 heteroatoms. The van der Waals surface area contributed by atoms with Gasteiger partial charge in [-0.15, -0.1) is 11.3 Å². The Hall–Kier alpha value is -2.01. The highest BCUT2D eigenvalue weighted by molar-refractivity contribution is 7.18. The van der Waals surface area contributed by atoms with Crippen LogP contribution in [-0.2, 0) is 6.54 Å². The number of hydrogen-bond acceptors (Lipinski definition) is 5. The molecule has 3 aromatic heterocycles. The van der Waals surface area contributed by atoms with E-state index in [4.69, 9.17) is 0 Å². The summed E-state index contributed by atoms with van der Waals surface area (Å²) in [5.41, 5.74) is 1.18. The van der Waals surface area contributed by atoms with Crippen molar-refractivity contribution in [3.05, 3.63) is 47.4 Å². The average Bonchev–Trinajstić information content (AvgIpc) is 2.78. The maximum Gasteiger partial charge on any atom is 0.138 e. The van der Waals surface area contributed by atoms with Crippen LogP contribution in [0.4, 0.5) is 5.82 Å². The normalized spacial score (nSPS) is 10.7. The molecule has 0 radical (unpaired) electrons. The van der Waals surface area contributed by atoms with Gasteiger partial charge in [-0.25, -0.2) is 9.97 Å². The average molecular weight is 256 g/mol. The van der Waals surface area contributed by atoms with E-state index in [9.17, 15) is 0 Å². The molecule has 0 aromatic carbocycles. The summed E-state index contributed by atoms with van der Waals surface area (Å²) in [6, 6.07) is 6.10. The zero-order chi connectivity index (χ0) is 12.4. The summed E-state index contributed by atoms with van der Waals surface area (Å²) in [5.74, 6) is 0.890. The van der Waals surface area contributed by atoms with E-state index in [2.05, 4.69) is 33.3 Å². The van der Waals surface area contributed by atoms with Gasteiger partial charge in [-0.1, -0.05) is 0 Å². The molecule has 0 aliphatic carbocycles. The monoisotopic (exact) mass is 256 g/mol. The molecule has 90 valence electrons. The van der Waals surface area contributed by atoms with Crippen molar-refractivity contribution in [3.63, 3.8) is 0 Å². The van der Waals surface area contributed by atoms with Gasteiger partial charge in [-0.2, -0.15) is 0 Å². The molecule has 0 spiro atoms. The fourth-order valence-electron chi connectivity index (χ4n) is 1.80. The van der Waals surface area contributed by atoms with Crippen LogP contribution in [0.15, 0.2) is 36.9 Å². The molecule has 0 saturated heterocycles. The maximum absolute atomic E-state index is 4.30. The van der Waals surface area contributed by atoms with Gasteiger partial charge in [0, 0.05) is 23.8 Å². The second-order valence-corrected chi connectivity index (χ2v) is 5.24. The number of anilines is 1. The Kier molecular flexibility index (Phi) is 2.90. The number of rotatable bonds is 3. The third kappa shape index (κ3) is 2.17. The number of fused-ring (bicyclic) bond motifs is 1. The van der Waals surface area contributed by atoms with E-state index in [1.54, 1.807) is 30.1 Å². The van der Waals surface area contributed by atoms with Crippen LogP contribution in [-0.4, -0.2) is 15.0 Å². The van der Waals surface area contributed by atoms with Crippen molar-refractivity contribution in [3.8, 4) is 0 Å². The molecule has 3 heterocycles. The molecule has 0 aliphatic heterocycles. The van der Waals surface area contributed by atoms with Gasteiger partial charge >= 0.3 is 0 Å². The Labute approximate surface area is 109 Å². The van der Waals surface area contributed by atoms with Gasteiger partial charge < -0.3 is 5.32 Å². The molecule has 0 saturated carbocycles. The quantitative estimate of drug-likeness (QED) is 0.782. The Morgan fingerprint density at radius 1 is 1.22 bits per heavy atom. The van der Waals surface area contributed by atoms with Crippen molar-refractivity contribution in [2.75, 3.05) is 5.32 Å². The number of thiophene rings is 1. The molecule has 0 bridgehead atoms. The van der Waals surface area contributed by atoms with Crippen molar-refractivity contribution < 1.29 is 0 Å². The lowest BCUT2D eigenvalue weighted by atomic mass is 10.2. The highest BCUT2D eigenvalue weighted by Gasteiger charge is 2.06. The fourth-order valence-corrected chi connectivity index (χ4v) is 2.65. The Morgan fingerprint density at radius 3 is 2.89 bits per heavy atom. The van der Waals surface area contributed by atoms with Crippen LogP contribution in [0.1, 0.15) is 10.4 Å². The summed E-state index contributed by atoms with van der Waals surface area (Å²) in [7, 11) is 0. The van der Waals surface area contributed by atoms with Crippen LogP contribution in [0.5, 0.6) is 0 Å². The van der Waals surface area contributed by atoms with E-state index >= 15 is 0 Å². The molecular weight excluding hydrogens is 244 g/mol. The molecule has 1 N–H and O–H groups in total. The molecule has 3 rings (SSSR count). The lowest BCUT2D eigenvalue weighted by molar-refractivity contribution is 1.09. The molecular formula is C13H12N4S. The first-order valence-corrected chi connectivity index (χ1v) is 6.48. The van der Waals surface area contributed by atoms with Crippen molar-refractivity contribution in [1.82, 2.24) is 15.0 Å². The summed E-state index contributed by atoms with van der Waals surface area (Å²) in [6.45, 7) is 2.82. The van der Waals surface area contributed by atoms with Gasteiger partial charge in [0.1, 0.15) is 17.0 Å². The van der Waals surface area contributed by atoms with E-state index < -0.39 is 0 Å². The van der Waals surface area contributed by atoms with Gasteiger partial charge in [-0.3, -0.25) is 4.98 Å². The van der Waals surface area contributed by atoms with Gasteiger partial charge in [0.15, 0.2) is 0 Å². The number of nitrogens with one attached hydrogen (secondary N) is 1. The molecule has 0 atom stereocenters. The third-order valence-corrected chi connectivity index (χ3v) is 3.62. The Morgan fingerprint density at radius 2 is 2.06 bits per heavy atom. The van der Waals surface area contributed by atoms with Gasteiger partial charge in [0.25, 0.3) is 0 Å². The zero-order valence-corrected chi connectivity index (χ0v) is 10.7. The predicted molar refractivity (Wildman–Crippen MR) is 73.7 cm³/mol.